The van der Waals surface area contributed by atoms with Crippen molar-refractivity contribution < 1.29 is 4.39 Å². The summed E-state index contributed by atoms with van der Waals surface area (Å²) in [5, 5.41) is 1.49. The lowest BCUT2D eigenvalue weighted by Gasteiger charge is -2.36. The first-order chi connectivity index (χ1) is 14.2. The third-order valence-electron chi connectivity index (χ3n) is 6.85. The van der Waals surface area contributed by atoms with Crippen molar-refractivity contribution in [3.05, 3.63) is 65.1 Å². The third kappa shape index (κ3) is 3.55. The van der Waals surface area contributed by atoms with Crippen molar-refractivity contribution in [1.82, 2.24) is 9.47 Å². The average molecular weight is 392 g/mol. The van der Waals surface area contributed by atoms with Gasteiger partial charge in [0, 0.05) is 49.5 Å². The molecule has 3 nitrogen and oxygen atoms in total. The molecule has 0 bridgehead atoms. The molecule has 0 aliphatic carbocycles. The summed E-state index contributed by atoms with van der Waals surface area (Å²) >= 11 is 0. The van der Waals surface area contributed by atoms with Gasteiger partial charge in [0.2, 0.25) is 0 Å². The summed E-state index contributed by atoms with van der Waals surface area (Å²) in [6.07, 6.45) is 4.86. The SMILES string of the molecule is Cc1c(CCCN2CCN(c3ccc(F)cc3)CC2)c2cccc3c2n1CCC3. The molecule has 1 saturated heterocycles. The topological polar surface area (TPSA) is 11.4 Å². The Morgan fingerprint density at radius 2 is 1.72 bits per heavy atom. The Kier molecular flexibility index (Phi) is 5.04. The Hall–Kier alpha value is -2.33. The van der Waals surface area contributed by atoms with Crippen molar-refractivity contribution >= 4 is 16.6 Å². The fourth-order valence-electron chi connectivity index (χ4n) is 5.26. The molecule has 1 aromatic heterocycles. The number of piperazine rings is 1. The highest BCUT2D eigenvalue weighted by atomic mass is 19.1. The second-order valence-corrected chi connectivity index (χ2v) is 8.54. The monoisotopic (exact) mass is 391 g/mol. The van der Waals surface area contributed by atoms with Crippen molar-refractivity contribution in [2.75, 3.05) is 37.6 Å². The van der Waals surface area contributed by atoms with E-state index in [1.54, 1.807) is 17.7 Å². The normalized spacial score (nSPS) is 17.2. The molecule has 2 aromatic carbocycles. The average Bonchev–Trinajstić information content (AvgIpc) is 3.03. The number of hydrogen-bond acceptors (Lipinski definition) is 2. The standard InChI is InChI=1S/C25H30FN3/c1-19-23(24-7-2-5-20-6-3-14-29(19)25(20)24)8-4-13-27-15-17-28(18-16-27)22-11-9-21(26)10-12-22/h2,5,7,9-12H,3-4,6,8,13-18H2,1H3. The molecule has 3 heterocycles. The summed E-state index contributed by atoms with van der Waals surface area (Å²) in [5.74, 6) is -0.161. The molecule has 3 aromatic rings. The molecule has 5 rings (SSSR count). The van der Waals surface area contributed by atoms with Crippen molar-refractivity contribution in [2.45, 2.75) is 39.2 Å². The van der Waals surface area contributed by atoms with Gasteiger partial charge in [0.1, 0.15) is 5.82 Å². The molecule has 0 amide bonds. The van der Waals surface area contributed by atoms with Gasteiger partial charge < -0.3 is 9.47 Å². The zero-order valence-electron chi connectivity index (χ0n) is 17.3. The van der Waals surface area contributed by atoms with Gasteiger partial charge in [0.05, 0.1) is 5.52 Å². The van der Waals surface area contributed by atoms with Crippen molar-refractivity contribution in [3.8, 4) is 0 Å². The van der Waals surface area contributed by atoms with Gasteiger partial charge in [0.15, 0.2) is 0 Å². The first-order valence-electron chi connectivity index (χ1n) is 11.0. The van der Waals surface area contributed by atoms with E-state index in [0.29, 0.717) is 0 Å². The Morgan fingerprint density at radius 1 is 0.931 bits per heavy atom. The van der Waals surface area contributed by atoms with Crippen LogP contribution >= 0.6 is 0 Å². The van der Waals surface area contributed by atoms with Gasteiger partial charge in [0.25, 0.3) is 0 Å². The van der Waals surface area contributed by atoms with Crippen LogP contribution in [0.2, 0.25) is 0 Å². The zero-order chi connectivity index (χ0) is 19.8. The lowest BCUT2D eigenvalue weighted by Crippen LogP contribution is -2.46. The molecule has 0 N–H and O–H groups in total. The first kappa shape index (κ1) is 18.7. The zero-order valence-corrected chi connectivity index (χ0v) is 17.3. The van der Waals surface area contributed by atoms with Gasteiger partial charge in [-0.2, -0.15) is 0 Å². The van der Waals surface area contributed by atoms with E-state index >= 15 is 0 Å². The molecule has 152 valence electrons. The van der Waals surface area contributed by atoms with E-state index < -0.39 is 0 Å². The van der Waals surface area contributed by atoms with Crippen LogP contribution in [0.4, 0.5) is 10.1 Å². The summed E-state index contributed by atoms with van der Waals surface area (Å²) in [6.45, 7) is 8.85. The van der Waals surface area contributed by atoms with E-state index in [0.717, 1.165) is 44.8 Å². The van der Waals surface area contributed by atoms with E-state index in [1.165, 1.54) is 48.0 Å². The number of para-hydroxylation sites is 1. The summed E-state index contributed by atoms with van der Waals surface area (Å²) < 4.78 is 15.7. The summed E-state index contributed by atoms with van der Waals surface area (Å²) in [7, 11) is 0. The molecular formula is C25H30FN3. The number of nitrogens with zero attached hydrogens (tertiary/aromatic N) is 3. The maximum Gasteiger partial charge on any atom is 0.123 e. The second kappa shape index (κ2) is 7.83. The van der Waals surface area contributed by atoms with Gasteiger partial charge in [-0.05, 0) is 74.5 Å². The predicted molar refractivity (Wildman–Crippen MR) is 118 cm³/mol. The van der Waals surface area contributed by atoms with Gasteiger partial charge in [-0.1, -0.05) is 18.2 Å². The second-order valence-electron chi connectivity index (χ2n) is 8.54. The number of rotatable bonds is 5. The van der Waals surface area contributed by atoms with E-state index in [4.69, 9.17) is 0 Å². The highest BCUT2D eigenvalue weighted by Gasteiger charge is 2.20. The maximum atomic E-state index is 13.1. The Balaban J connectivity index is 1.19. The fourth-order valence-corrected chi connectivity index (χ4v) is 5.26. The minimum absolute atomic E-state index is 0.161. The number of benzene rings is 2. The smallest absolute Gasteiger partial charge is 0.123 e. The highest BCUT2D eigenvalue weighted by molar-refractivity contribution is 5.88. The summed E-state index contributed by atoms with van der Waals surface area (Å²) in [4.78, 5) is 4.95. The largest absolute Gasteiger partial charge is 0.369 e. The van der Waals surface area contributed by atoms with Crippen LogP contribution in [0.5, 0.6) is 0 Å². The molecule has 2 aliphatic rings. The van der Waals surface area contributed by atoms with Gasteiger partial charge >= 0.3 is 0 Å². The lowest BCUT2D eigenvalue weighted by atomic mass is 10.0. The number of halogens is 1. The van der Waals surface area contributed by atoms with Crippen LogP contribution in [-0.2, 0) is 19.4 Å². The van der Waals surface area contributed by atoms with Gasteiger partial charge in [-0.3, -0.25) is 4.90 Å². The lowest BCUT2D eigenvalue weighted by molar-refractivity contribution is 0.255. The molecule has 0 atom stereocenters. The van der Waals surface area contributed by atoms with E-state index in [-0.39, 0.29) is 5.82 Å². The molecule has 0 radical (unpaired) electrons. The highest BCUT2D eigenvalue weighted by Crippen LogP contribution is 2.33. The van der Waals surface area contributed by atoms with Crippen LogP contribution in [-0.4, -0.2) is 42.2 Å². The molecule has 2 aliphatic heterocycles. The molecule has 0 spiro atoms. The van der Waals surface area contributed by atoms with Crippen molar-refractivity contribution in [2.24, 2.45) is 0 Å². The van der Waals surface area contributed by atoms with Crippen LogP contribution < -0.4 is 4.90 Å². The molecular weight excluding hydrogens is 361 g/mol. The Morgan fingerprint density at radius 3 is 2.52 bits per heavy atom. The van der Waals surface area contributed by atoms with Crippen molar-refractivity contribution in [3.63, 3.8) is 0 Å². The minimum atomic E-state index is -0.161. The fraction of sp³-hybridized carbons (Fsp3) is 0.440. The molecule has 0 unspecified atom stereocenters. The summed E-state index contributed by atoms with van der Waals surface area (Å²) in [5.41, 5.74) is 7.21. The number of aromatic nitrogens is 1. The van der Waals surface area contributed by atoms with Gasteiger partial charge in [-0.25, -0.2) is 4.39 Å². The number of anilines is 1. The molecule has 0 saturated carbocycles. The minimum Gasteiger partial charge on any atom is -0.369 e. The maximum absolute atomic E-state index is 13.1. The first-order valence-corrected chi connectivity index (χ1v) is 11.0. The van der Waals surface area contributed by atoms with Crippen LogP contribution in [0.15, 0.2) is 42.5 Å². The number of aryl methyl sites for hydroxylation is 3. The van der Waals surface area contributed by atoms with Crippen LogP contribution in [0, 0.1) is 12.7 Å². The molecule has 29 heavy (non-hydrogen) atoms. The Bertz CT molecular complexity index is 997. The summed E-state index contributed by atoms with van der Waals surface area (Å²) in [6, 6.07) is 13.8. The van der Waals surface area contributed by atoms with Crippen molar-refractivity contribution in [1.29, 1.82) is 0 Å². The van der Waals surface area contributed by atoms with Crippen LogP contribution in [0.3, 0.4) is 0 Å². The van der Waals surface area contributed by atoms with E-state index in [1.807, 2.05) is 12.1 Å². The van der Waals surface area contributed by atoms with E-state index in [2.05, 4.69) is 39.5 Å². The Labute approximate surface area is 172 Å². The number of hydrogen-bond donors (Lipinski definition) is 0. The van der Waals surface area contributed by atoms with Gasteiger partial charge in [-0.15, -0.1) is 0 Å². The van der Waals surface area contributed by atoms with Crippen LogP contribution in [0.1, 0.15) is 29.7 Å². The quantitative estimate of drug-likeness (QED) is 0.620. The molecule has 1 fully saturated rings. The molecule has 4 heteroatoms. The van der Waals surface area contributed by atoms with Crippen LogP contribution in [0.25, 0.3) is 10.9 Å². The van der Waals surface area contributed by atoms with E-state index in [9.17, 15) is 4.39 Å². The third-order valence-corrected chi connectivity index (χ3v) is 6.85. The predicted octanol–water partition coefficient (Wildman–Crippen LogP) is 4.79.